The molecule has 3 aromatic heterocycles. The lowest BCUT2D eigenvalue weighted by Crippen LogP contribution is -2.24. The number of nitrogens with zero attached hydrogens (tertiary/aromatic N) is 2. The predicted molar refractivity (Wildman–Crippen MR) is 115 cm³/mol. The number of furan rings is 1. The van der Waals surface area contributed by atoms with E-state index in [4.69, 9.17) is 9.40 Å². The molecule has 0 aliphatic heterocycles. The molecule has 3 heterocycles. The highest BCUT2D eigenvalue weighted by atomic mass is 32.1. The van der Waals surface area contributed by atoms with Crippen molar-refractivity contribution in [2.24, 2.45) is 0 Å². The van der Waals surface area contributed by atoms with E-state index < -0.39 is 0 Å². The first-order chi connectivity index (χ1) is 14.1. The van der Waals surface area contributed by atoms with Crippen LogP contribution in [0.25, 0.3) is 11.3 Å². The molecule has 4 rings (SSSR count). The first-order valence-corrected chi connectivity index (χ1v) is 10.4. The average molecular weight is 406 g/mol. The zero-order valence-corrected chi connectivity index (χ0v) is 17.3. The summed E-state index contributed by atoms with van der Waals surface area (Å²) in [7, 11) is 0. The topological polar surface area (TPSA) is 60.1 Å². The third-order valence-electron chi connectivity index (χ3n) is 4.94. The summed E-state index contributed by atoms with van der Waals surface area (Å²) >= 11 is 1.52. The fourth-order valence-electron chi connectivity index (χ4n) is 3.37. The lowest BCUT2D eigenvalue weighted by molar-refractivity contribution is -0.120. The Balaban J connectivity index is 1.43. The highest BCUT2D eigenvalue weighted by molar-refractivity contribution is 7.10. The van der Waals surface area contributed by atoms with Gasteiger partial charge in [-0.2, -0.15) is 0 Å². The Kier molecular flexibility index (Phi) is 5.62. The Morgan fingerprint density at radius 3 is 2.76 bits per heavy atom. The van der Waals surface area contributed by atoms with E-state index in [9.17, 15) is 4.79 Å². The van der Waals surface area contributed by atoms with Gasteiger partial charge in [0, 0.05) is 28.9 Å². The zero-order chi connectivity index (χ0) is 20.2. The van der Waals surface area contributed by atoms with Crippen LogP contribution in [-0.4, -0.2) is 15.5 Å². The fraction of sp³-hybridized carbons (Fsp3) is 0.217. The van der Waals surface area contributed by atoms with Gasteiger partial charge in [0.05, 0.1) is 24.9 Å². The number of amides is 1. The molecular weight excluding hydrogens is 382 g/mol. The number of carbonyl (C=O) groups excluding carboxylic acids is 1. The summed E-state index contributed by atoms with van der Waals surface area (Å²) in [6, 6.07) is 15.9. The Morgan fingerprint density at radius 1 is 1.17 bits per heavy atom. The van der Waals surface area contributed by atoms with Crippen LogP contribution in [0.4, 0.5) is 0 Å². The Hall–Kier alpha value is -3.12. The molecule has 0 aliphatic rings. The Labute approximate surface area is 174 Å². The first-order valence-electron chi connectivity index (χ1n) is 9.54. The maximum atomic E-state index is 12.3. The Bertz CT molecular complexity index is 1090. The van der Waals surface area contributed by atoms with Crippen molar-refractivity contribution in [2.45, 2.75) is 33.4 Å². The molecule has 0 saturated carbocycles. The minimum Gasteiger partial charge on any atom is -0.467 e. The summed E-state index contributed by atoms with van der Waals surface area (Å²) < 4.78 is 7.71. The number of hydrogen-bond acceptors (Lipinski definition) is 4. The third-order valence-corrected chi connectivity index (χ3v) is 5.79. The van der Waals surface area contributed by atoms with Gasteiger partial charge in [0.15, 0.2) is 0 Å². The van der Waals surface area contributed by atoms with Crippen molar-refractivity contribution in [1.82, 2.24) is 14.9 Å². The van der Waals surface area contributed by atoms with Crippen molar-refractivity contribution in [2.75, 3.05) is 0 Å². The van der Waals surface area contributed by atoms with Crippen LogP contribution in [0, 0.1) is 13.8 Å². The van der Waals surface area contributed by atoms with Crippen molar-refractivity contribution in [3.8, 4) is 11.3 Å². The van der Waals surface area contributed by atoms with E-state index in [1.165, 1.54) is 11.3 Å². The smallest absolute Gasteiger partial charge is 0.227 e. The second-order valence-electron chi connectivity index (χ2n) is 7.02. The van der Waals surface area contributed by atoms with E-state index in [1.807, 2.05) is 47.8 Å². The van der Waals surface area contributed by atoms with Gasteiger partial charge in [0.2, 0.25) is 5.91 Å². The highest BCUT2D eigenvalue weighted by Crippen LogP contribution is 2.29. The standard InChI is InChI=1S/C23H23N3O2S/c1-16-11-20(17(2)26(16)14-19-9-6-10-28-19)21-15-29-23(25-21)12-22(27)24-13-18-7-4-3-5-8-18/h3-11,15H,12-14H2,1-2H3,(H,24,27). The van der Waals surface area contributed by atoms with Crippen molar-refractivity contribution >= 4 is 17.2 Å². The van der Waals surface area contributed by atoms with Crippen LogP contribution in [0.1, 0.15) is 27.7 Å². The van der Waals surface area contributed by atoms with Crippen LogP contribution in [0.3, 0.4) is 0 Å². The molecule has 1 amide bonds. The number of hydrogen-bond donors (Lipinski definition) is 1. The molecule has 0 unspecified atom stereocenters. The quantitative estimate of drug-likeness (QED) is 0.484. The number of rotatable bonds is 7. The van der Waals surface area contributed by atoms with Crippen LogP contribution in [0.5, 0.6) is 0 Å². The van der Waals surface area contributed by atoms with Crippen molar-refractivity contribution in [3.63, 3.8) is 0 Å². The van der Waals surface area contributed by atoms with E-state index >= 15 is 0 Å². The van der Waals surface area contributed by atoms with Gasteiger partial charge in [-0.3, -0.25) is 4.79 Å². The summed E-state index contributed by atoms with van der Waals surface area (Å²) in [6.07, 6.45) is 1.99. The molecule has 6 heteroatoms. The van der Waals surface area contributed by atoms with Crippen LogP contribution in [0.2, 0.25) is 0 Å². The van der Waals surface area contributed by atoms with Gasteiger partial charge < -0.3 is 14.3 Å². The molecule has 4 aromatic rings. The number of carbonyl (C=O) groups is 1. The molecule has 0 radical (unpaired) electrons. The number of aromatic nitrogens is 2. The maximum Gasteiger partial charge on any atom is 0.227 e. The molecule has 0 fully saturated rings. The number of thiazole rings is 1. The third kappa shape index (κ3) is 4.49. The van der Waals surface area contributed by atoms with Gasteiger partial charge in [-0.25, -0.2) is 4.98 Å². The molecule has 5 nitrogen and oxygen atoms in total. The van der Waals surface area contributed by atoms with E-state index in [0.29, 0.717) is 19.5 Å². The molecule has 0 saturated heterocycles. The van der Waals surface area contributed by atoms with Crippen molar-refractivity contribution < 1.29 is 9.21 Å². The molecule has 1 aromatic carbocycles. The minimum atomic E-state index is -0.0157. The maximum absolute atomic E-state index is 12.3. The summed E-state index contributed by atoms with van der Waals surface area (Å²) in [5.74, 6) is 0.908. The summed E-state index contributed by atoms with van der Waals surface area (Å²) in [4.78, 5) is 17.0. The number of nitrogens with one attached hydrogen (secondary N) is 1. The molecular formula is C23H23N3O2S. The van der Waals surface area contributed by atoms with Crippen LogP contribution >= 0.6 is 11.3 Å². The second-order valence-corrected chi connectivity index (χ2v) is 7.96. The molecule has 0 aliphatic carbocycles. The van der Waals surface area contributed by atoms with E-state index in [-0.39, 0.29) is 5.91 Å². The van der Waals surface area contributed by atoms with E-state index in [0.717, 1.165) is 39.0 Å². The fourth-order valence-corrected chi connectivity index (χ4v) is 4.17. The van der Waals surface area contributed by atoms with Gasteiger partial charge in [-0.05, 0) is 37.6 Å². The molecule has 0 bridgehead atoms. The van der Waals surface area contributed by atoms with Crippen molar-refractivity contribution in [3.05, 3.63) is 87.9 Å². The zero-order valence-electron chi connectivity index (χ0n) is 16.5. The van der Waals surface area contributed by atoms with E-state index in [1.54, 1.807) is 6.26 Å². The van der Waals surface area contributed by atoms with Crippen molar-refractivity contribution in [1.29, 1.82) is 0 Å². The van der Waals surface area contributed by atoms with Crippen LogP contribution < -0.4 is 5.32 Å². The van der Waals surface area contributed by atoms with E-state index in [2.05, 4.69) is 29.8 Å². The van der Waals surface area contributed by atoms with Gasteiger partial charge >= 0.3 is 0 Å². The minimum absolute atomic E-state index is 0.0157. The number of aryl methyl sites for hydroxylation is 1. The molecule has 0 spiro atoms. The molecule has 29 heavy (non-hydrogen) atoms. The van der Waals surface area contributed by atoms with Crippen LogP contribution in [0.15, 0.2) is 64.6 Å². The Morgan fingerprint density at radius 2 is 2.00 bits per heavy atom. The monoisotopic (exact) mass is 405 g/mol. The number of benzene rings is 1. The highest BCUT2D eigenvalue weighted by Gasteiger charge is 2.15. The normalized spacial score (nSPS) is 11.0. The summed E-state index contributed by atoms with van der Waals surface area (Å²) in [5.41, 5.74) is 5.40. The molecule has 148 valence electrons. The van der Waals surface area contributed by atoms with Gasteiger partial charge in [-0.15, -0.1) is 11.3 Å². The van der Waals surface area contributed by atoms with Crippen LogP contribution in [-0.2, 0) is 24.3 Å². The summed E-state index contributed by atoms with van der Waals surface area (Å²) in [6.45, 7) is 5.41. The first kappa shape index (κ1) is 19.2. The predicted octanol–water partition coefficient (Wildman–Crippen LogP) is 4.73. The van der Waals surface area contributed by atoms with Gasteiger partial charge in [-0.1, -0.05) is 30.3 Å². The van der Waals surface area contributed by atoms with Gasteiger partial charge in [0.1, 0.15) is 10.8 Å². The SMILES string of the molecule is Cc1cc(-c2csc(CC(=O)NCc3ccccc3)n2)c(C)n1Cc1ccco1. The van der Waals surface area contributed by atoms with Gasteiger partial charge in [0.25, 0.3) is 0 Å². The second kappa shape index (κ2) is 8.49. The largest absolute Gasteiger partial charge is 0.467 e. The molecule has 0 atom stereocenters. The lowest BCUT2D eigenvalue weighted by atomic mass is 10.2. The average Bonchev–Trinajstić information content (AvgIpc) is 3.45. The lowest BCUT2D eigenvalue weighted by Gasteiger charge is -2.07. The summed E-state index contributed by atoms with van der Waals surface area (Å²) in [5, 5.41) is 5.81. The molecule has 1 N–H and O–H groups in total.